The molecule has 2 rings (SSSR count). The summed E-state index contributed by atoms with van der Waals surface area (Å²) in [4.78, 5) is 10.7. The molecular weight excluding hydrogens is 374 g/mol. The third-order valence-corrected chi connectivity index (χ3v) is 6.63. The molecule has 0 aromatic heterocycles. The summed E-state index contributed by atoms with van der Waals surface area (Å²) in [6.07, 6.45) is 10.6. The van der Waals surface area contributed by atoms with E-state index in [4.69, 9.17) is 16.7 Å². The summed E-state index contributed by atoms with van der Waals surface area (Å²) < 4.78 is 27.8. The highest BCUT2D eigenvalue weighted by molar-refractivity contribution is 7.89. The van der Waals surface area contributed by atoms with Gasteiger partial charge in [-0.2, -0.15) is 0 Å². The second kappa shape index (κ2) is 9.53. The lowest BCUT2D eigenvalue weighted by Crippen LogP contribution is -2.36. The summed E-state index contributed by atoms with van der Waals surface area (Å²) in [7, 11) is -3.54. The van der Waals surface area contributed by atoms with Gasteiger partial charge < -0.3 is 5.11 Å². The second-order valence-electron chi connectivity index (χ2n) is 6.93. The largest absolute Gasteiger partial charge is 0.481 e. The Morgan fingerprint density at radius 3 is 2.38 bits per heavy atom. The van der Waals surface area contributed by atoms with E-state index in [1.165, 1.54) is 12.1 Å². The van der Waals surface area contributed by atoms with E-state index in [0.29, 0.717) is 18.0 Å². The number of carboxylic acid groups (broad SMARTS) is 1. The van der Waals surface area contributed by atoms with Gasteiger partial charge in [-0.25, -0.2) is 13.1 Å². The van der Waals surface area contributed by atoms with Gasteiger partial charge in [0.2, 0.25) is 10.0 Å². The van der Waals surface area contributed by atoms with Gasteiger partial charge >= 0.3 is 5.97 Å². The minimum absolute atomic E-state index is 0.0172. The first-order valence-electron chi connectivity index (χ1n) is 8.95. The molecule has 0 radical (unpaired) electrons. The average Bonchev–Trinajstić information content (AvgIpc) is 3.06. The lowest BCUT2D eigenvalue weighted by Gasteiger charge is -2.29. The fourth-order valence-electron chi connectivity index (χ4n) is 3.42. The number of sulfonamides is 1. The van der Waals surface area contributed by atoms with E-state index in [-0.39, 0.29) is 16.7 Å². The molecule has 1 aliphatic rings. The van der Waals surface area contributed by atoms with Crippen LogP contribution in [-0.2, 0) is 14.8 Å². The maximum atomic E-state index is 12.5. The van der Waals surface area contributed by atoms with Crippen LogP contribution in [0.15, 0.2) is 41.3 Å². The molecule has 0 atom stereocenters. The topological polar surface area (TPSA) is 83.5 Å². The van der Waals surface area contributed by atoms with Crippen LogP contribution in [0.25, 0.3) is 0 Å². The molecule has 5 nitrogen and oxygen atoms in total. The van der Waals surface area contributed by atoms with Gasteiger partial charge in [0.25, 0.3) is 0 Å². The number of hydrogen-bond acceptors (Lipinski definition) is 3. The zero-order chi connectivity index (χ0) is 19.0. The van der Waals surface area contributed by atoms with E-state index in [2.05, 4.69) is 4.72 Å². The van der Waals surface area contributed by atoms with Crippen LogP contribution >= 0.6 is 11.6 Å². The van der Waals surface area contributed by atoms with Crippen molar-refractivity contribution in [3.05, 3.63) is 41.4 Å². The van der Waals surface area contributed by atoms with Gasteiger partial charge in [0.15, 0.2) is 0 Å². The number of hydrogen-bond donors (Lipinski definition) is 2. The normalized spacial score (nSPS) is 17.0. The lowest BCUT2D eigenvalue weighted by atomic mass is 9.81. The SMILES string of the molecule is O=C(O)CC/C=C\CCC1(CNS(=O)(=O)c2ccc(Cl)cc2)CCCC1. The highest BCUT2D eigenvalue weighted by atomic mass is 35.5. The van der Waals surface area contributed by atoms with Gasteiger partial charge in [0, 0.05) is 18.0 Å². The fraction of sp³-hybridized carbons (Fsp3) is 0.526. The second-order valence-corrected chi connectivity index (χ2v) is 9.13. The monoisotopic (exact) mass is 399 g/mol. The van der Waals surface area contributed by atoms with Crippen molar-refractivity contribution in [2.45, 2.75) is 56.3 Å². The number of allylic oxidation sites excluding steroid dienone is 2. The van der Waals surface area contributed by atoms with Crippen molar-refractivity contribution in [3.63, 3.8) is 0 Å². The molecule has 0 saturated heterocycles. The number of benzene rings is 1. The minimum atomic E-state index is -3.54. The Bertz CT molecular complexity index is 722. The van der Waals surface area contributed by atoms with E-state index in [1.54, 1.807) is 12.1 Å². The molecule has 1 saturated carbocycles. The highest BCUT2D eigenvalue weighted by Gasteiger charge is 2.34. The van der Waals surface area contributed by atoms with Crippen LogP contribution in [0.4, 0.5) is 0 Å². The van der Waals surface area contributed by atoms with Crippen LogP contribution in [0.5, 0.6) is 0 Å². The van der Waals surface area contributed by atoms with Crippen LogP contribution in [0, 0.1) is 5.41 Å². The van der Waals surface area contributed by atoms with Crippen LogP contribution < -0.4 is 4.72 Å². The first kappa shape index (κ1) is 20.9. The molecule has 1 aliphatic carbocycles. The van der Waals surface area contributed by atoms with E-state index >= 15 is 0 Å². The molecule has 0 spiro atoms. The quantitative estimate of drug-likeness (QED) is 0.572. The molecule has 0 aliphatic heterocycles. The molecule has 0 unspecified atom stereocenters. The Labute approximate surface area is 160 Å². The van der Waals surface area contributed by atoms with Gasteiger partial charge in [-0.3, -0.25) is 4.79 Å². The van der Waals surface area contributed by atoms with Crippen molar-refractivity contribution in [3.8, 4) is 0 Å². The van der Waals surface area contributed by atoms with E-state index < -0.39 is 16.0 Å². The summed E-state index contributed by atoms with van der Waals surface area (Å²) in [6.45, 7) is 0.431. The smallest absolute Gasteiger partial charge is 0.303 e. The minimum Gasteiger partial charge on any atom is -0.481 e. The number of nitrogens with one attached hydrogen (secondary N) is 1. The van der Waals surface area contributed by atoms with Crippen LogP contribution in [0.2, 0.25) is 5.02 Å². The van der Waals surface area contributed by atoms with Crippen LogP contribution in [-0.4, -0.2) is 26.0 Å². The molecule has 26 heavy (non-hydrogen) atoms. The summed E-state index contributed by atoms with van der Waals surface area (Å²) in [6, 6.07) is 6.17. The van der Waals surface area contributed by atoms with Crippen LogP contribution in [0.3, 0.4) is 0 Å². The summed E-state index contributed by atoms with van der Waals surface area (Å²) in [5.41, 5.74) is -0.0172. The van der Waals surface area contributed by atoms with E-state index in [1.807, 2.05) is 12.2 Å². The van der Waals surface area contributed by atoms with Gasteiger partial charge in [-0.05, 0) is 61.8 Å². The molecule has 1 aromatic rings. The average molecular weight is 400 g/mol. The number of carboxylic acids is 1. The van der Waals surface area contributed by atoms with Gasteiger partial charge in [-0.1, -0.05) is 36.6 Å². The predicted molar refractivity (Wildman–Crippen MR) is 103 cm³/mol. The highest BCUT2D eigenvalue weighted by Crippen LogP contribution is 2.41. The molecule has 2 N–H and O–H groups in total. The Morgan fingerprint density at radius 2 is 1.77 bits per heavy atom. The lowest BCUT2D eigenvalue weighted by molar-refractivity contribution is -0.136. The Hall–Kier alpha value is -1.37. The third kappa shape index (κ3) is 6.41. The molecule has 0 heterocycles. The maximum Gasteiger partial charge on any atom is 0.303 e. The van der Waals surface area contributed by atoms with Crippen molar-refractivity contribution in [2.75, 3.05) is 6.54 Å². The zero-order valence-corrected chi connectivity index (χ0v) is 16.4. The van der Waals surface area contributed by atoms with Crippen molar-refractivity contribution in [1.82, 2.24) is 4.72 Å². The van der Waals surface area contributed by atoms with E-state index in [0.717, 1.165) is 38.5 Å². The van der Waals surface area contributed by atoms with E-state index in [9.17, 15) is 13.2 Å². The summed E-state index contributed by atoms with van der Waals surface area (Å²) in [5, 5.41) is 9.14. The molecule has 1 aromatic carbocycles. The van der Waals surface area contributed by atoms with Crippen molar-refractivity contribution in [2.24, 2.45) is 5.41 Å². The fourth-order valence-corrected chi connectivity index (χ4v) is 4.70. The molecular formula is C19H26ClNO4S. The first-order valence-corrected chi connectivity index (χ1v) is 10.8. The van der Waals surface area contributed by atoms with Crippen molar-refractivity contribution in [1.29, 1.82) is 0 Å². The van der Waals surface area contributed by atoms with Gasteiger partial charge in [0.05, 0.1) is 4.90 Å². The molecule has 0 amide bonds. The molecule has 0 bridgehead atoms. The van der Waals surface area contributed by atoms with Crippen LogP contribution in [0.1, 0.15) is 51.4 Å². The Morgan fingerprint density at radius 1 is 1.15 bits per heavy atom. The Balaban J connectivity index is 1.90. The van der Waals surface area contributed by atoms with Crippen molar-refractivity contribution >= 4 is 27.6 Å². The first-order chi connectivity index (χ1) is 12.3. The maximum absolute atomic E-state index is 12.5. The standard InChI is InChI=1S/C19H26ClNO4S/c20-16-8-10-17(11-9-16)26(24,25)21-15-19(13-5-6-14-19)12-4-2-1-3-7-18(22)23/h1-2,8-11,21H,3-7,12-15H2,(H,22,23)/b2-1-. The number of rotatable bonds is 10. The van der Waals surface area contributed by atoms with Gasteiger partial charge in [0.1, 0.15) is 0 Å². The number of aliphatic carboxylic acids is 1. The number of halogens is 1. The summed E-state index contributed by atoms with van der Waals surface area (Å²) >= 11 is 5.82. The molecule has 1 fully saturated rings. The Kier molecular flexibility index (Phi) is 7.68. The third-order valence-electron chi connectivity index (χ3n) is 4.96. The zero-order valence-electron chi connectivity index (χ0n) is 14.8. The summed E-state index contributed by atoms with van der Waals surface area (Å²) in [5.74, 6) is -0.793. The molecule has 7 heteroatoms. The molecule has 144 valence electrons. The number of carbonyl (C=O) groups is 1. The predicted octanol–water partition coefficient (Wildman–Crippen LogP) is 4.38. The van der Waals surface area contributed by atoms with Crippen molar-refractivity contribution < 1.29 is 18.3 Å². The van der Waals surface area contributed by atoms with Gasteiger partial charge in [-0.15, -0.1) is 0 Å².